The van der Waals surface area contributed by atoms with Crippen molar-refractivity contribution in [1.29, 1.82) is 0 Å². The molecule has 0 atom stereocenters. The van der Waals surface area contributed by atoms with Crippen LogP contribution >= 0.6 is 0 Å². The predicted molar refractivity (Wildman–Crippen MR) is 82.5 cm³/mol. The summed E-state index contributed by atoms with van der Waals surface area (Å²) in [5.41, 5.74) is 2.73. The third kappa shape index (κ3) is 2.42. The number of aldehydes is 1. The summed E-state index contributed by atoms with van der Waals surface area (Å²) < 4.78 is 4.97. The fraction of sp³-hybridized carbons (Fsp3) is 0.118. The second-order valence-electron chi connectivity index (χ2n) is 4.61. The molecule has 0 aliphatic carbocycles. The molecule has 1 N–H and O–H groups in total. The van der Waals surface area contributed by atoms with Gasteiger partial charge < -0.3 is 9.72 Å². The average Bonchev–Trinajstić information content (AvgIpc) is 2.90. The van der Waals surface area contributed by atoms with E-state index in [0.29, 0.717) is 12.9 Å². The maximum Gasteiger partial charge on any atom is 0.356 e. The van der Waals surface area contributed by atoms with Crippen molar-refractivity contribution in [2.75, 3.05) is 6.61 Å². The van der Waals surface area contributed by atoms with Crippen LogP contribution in [0.1, 0.15) is 23.0 Å². The summed E-state index contributed by atoms with van der Waals surface area (Å²) in [5, 5.41) is 1.78. The first-order valence-electron chi connectivity index (χ1n) is 6.76. The van der Waals surface area contributed by atoms with E-state index in [1.165, 1.54) is 0 Å². The third-order valence-corrected chi connectivity index (χ3v) is 3.24. The number of nitrogens with zero attached hydrogens (tertiary/aromatic N) is 1. The molecule has 0 saturated heterocycles. The zero-order valence-corrected chi connectivity index (χ0v) is 11.8. The number of hydrogen-bond acceptors (Lipinski definition) is 4. The SMILES string of the molecule is CCOC(=O)c1cc2c(cn1)[nH]c1ccc(C#CC=O)cc12. The molecule has 0 amide bonds. The molecule has 0 unspecified atom stereocenters. The van der Waals surface area contributed by atoms with Crippen molar-refractivity contribution in [3.05, 3.63) is 41.7 Å². The number of benzene rings is 1. The van der Waals surface area contributed by atoms with E-state index in [2.05, 4.69) is 21.8 Å². The Morgan fingerprint density at radius 2 is 2.14 bits per heavy atom. The van der Waals surface area contributed by atoms with Crippen molar-refractivity contribution in [3.63, 3.8) is 0 Å². The summed E-state index contributed by atoms with van der Waals surface area (Å²) in [6.45, 7) is 2.05. The topological polar surface area (TPSA) is 72.0 Å². The third-order valence-electron chi connectivity index (χ3n) is 3.24. The molecule has 3 rings (SSSR count). The van der Waals surface area contributed by atoms with Gasteiger partial charge in [-0.3, -0.25) is 4.79 Å². The molecule has 2 heterocycles. The molecule has 5 heteroatoms. The molecule has 0 spiro atoms. The van der Waals surface area contributed by atoms with Crippen molar-refractivity contribution in [1.82, 2.24) is 9.97 Å². The highest BCUT2D eigenvalue weighted by Crippen LogP contribution is 2.26. The minimum atomic E-state index is -0.448. The molecule has 5 nitrogen and oxygen atoms in total. The fourth-order valence-corrected chi connectivity index (χ4v) is 2.31. The number of aromatic amines is 1. The van der Waals surface area contributed by atoms with Crippen molar-refractivity contribution < 1.29 is 14.3 Å². The van der Waals surface area contributed by atoms with E-state index >= 15 is 0 Å². The molecule has 0 aliphatic rings. The lowest BCUT2D eigenvalue weighted by atomic mass is 10.1. The largest absolute Gasteiger partial charge is 0.461 e. The minimum Gasteiger partial charge on any atom is -0.461 e. The Balaban J connectivity index is 2.18. The van der Waals surface area contributed by atoms with E-state index in [0.717, 1.165) is 27.4 Å². The molecule has 22 heavy (non-hydrogen) atoms. The molecule has 0 radical (unpaired) electrons. The Kier molecular flexibility index (Phi) is 3.58. The number of pyridine rings is 1. The van der Waals surface area contributed by atoms with Crippen LogP contribution < -0.4 is 0 Å². The van der Waals surface area contributed by atoms with Gasteiger partial charge in [0.2, 0.25) is 0 Å². The number of rotatable bonds is 2. The van der Waals surface area contributed by atoms with Crippen LogP contribution in [0.4, 0.5) is 0 Å². The molecular formula is C17H12N2O3. The maximum atomic E-state index is 11.8. The van der Waals surface area contributed by atoms with E-state index < -0.39 is 5.97 Å². The minimum absolute atomic E-state index is 0.264. The second-order valence-corrected chi connectivity index (χ2v) is 4.61. The van der Waals surface area contributed by atoms with Crippen LogP contribution in [0.25, 0.3) is 21.8 Å². The Labute approximate surface area is 126 Å². The summed E-state index contributed by atoms with van der Waals surface area (Å²) in [5.74, 6) is 4.70. The van der Waals surface area contributed by atoms with E-state index in [-0.39, 0.29) is 5.69 Å². The van der Waals surface area contributed by atoms with Crippen LogP contribution in [-0.2, 0) is 9.53 Å². The number of esters is 1. The molecule has 0 saturated carbocycles. The highest BCUT2D eigenvalue weighted by molar-refractivity contribution is 6.09. The number of carbonyl (C=O) groups excluding carboxylic acids is 2. The highest BCUT2D eigenvalue weighted by Gasteiger charge is 2.12. The van der Waals surface area contributed by atoms with Crippen molar-refractivity contribution in [3.8, 4) is 11.8 Å². The monoisotopic (exact) mass is 292 g/mol. The van der Waals surface area contributed by atoms with Crippen molar-refractivity contribution in [2.24, 2.45) is 0 Å². The molecule has 3 aromatic rings. The van der Waals surface area contributed by atoms with Gasteiger partial charge in [0.1, 0.15) is 5.69 Å². The van der Waals surface area contributed by atoms with Crippen LogP contribution in [0.5, 0.6) is 0 Å². The van der Waals surface area contributed by atoms with Gasteiger partial charge in [-0.25, -0.2) is 9.78 Å². The molecule has 0 aliphatic heterocycles. The summed E-state index contributed by atoms with van der Waals surface area (Å²) in [6, 6.07) is 7.28. The molecule has 0 bridgehead atoms. The summed E-state index contributed by atoms with van der Waals surface area (Å²) >= 11 is 0. The van der Waals surface area contributed by atoms with E-state index in [1.54, 1.807) is 19.2 Å². The number of nitrogens with one attached hydrogen (secondary N) is 1. The molecule has 1 aromatic carbocycles. The first-order chi connectivity index (χ1) is 10.7. The van der Waals surface area contributed by atoms with E-state index in [9.17, 15) is 9.59 Å². The summed E-state index contributed by atoms with van der Waals surface area (Å²) in [4.78, 5) is 29.5. The van der Waals surface area contributed by atoms with Crippen molar-refractivity contribution >= 4 is 34.1 Å². The average molecular weight is 292 g/mol. The number of aromatic nitrogens is 2. The van der Waals surface area contributed by atoms with Gasteiger partial charge in [0.25, 0.3) is 0 Å². The van der Waals surface area contributed by atoms with Gasteiger partial charge in [-0.05, 0) is 37.1 Å². The molecule has 0 fully saturated rings. The normalized spacial score (nSPS) is 10.2. The zero-order chi connectivity index (χ0) is 15.5. The highest BCUT2D eigenvalue weighted by atomic mass is 16.5. The Morgan fingerprint density at radius 1 is 1.32 bits per heavy atom. The Morgan fingerprint density at radius 3 is 2.91 bits per heavy atom. The van der Waals surface area contributed by atoms with E-state index in [4.69, 9.17) is 4.74 Å². The first-order valence-corrected chi connectivity index (χ1v) is 6.76. The number of carbonyl (C=O) groups is 2. The van der Waals surface area contributed by atoms with Crippen LogP contribution in [-0.4, -0.2) is 28.8 Å². The first kappa shape index (κ1) is 13.8. The van der Waals surface area contributed by atoms with Crippen molar-refractivity contribution in [2.45, 2.75) is 6.92 Å². The van der Waals surface area contributed by atoms with Gasteiger partial charge in [0, 0.05) is 21.9 Å². The van der Waals surface area contributed by atoms with Gasteiger partial charge in [0.05, 0.1) is 18.3 Å². The van der Waals surface area contributed by atoms with Gasteiger partial charge in [-0.2, -0.15) is 0 Å². The number of hydrogen-bond donors (Lipinski definition) is 1. The second kappa shape index (κ2) is 5.70. The maximum absolute atomic E-state index is 11.8. The van der Waals surface area contributed by atoms with E-state index in [1.807, 2.05) is 18.2 Å². The van der Waals surface area contributed by atoms with Crippen LogP contribution in [0.15, 0.2) is 30.5 Å². The predicted octanol–water partition coefficient (Wildman–Crippen LogP) is 2.44. The molecule has 108 valence electrons. The van der Waals surface area contributed by atoms with Gasteiger partial charge in [0.15, 0.2) is 6.29 Å². The van der Waals surface area contributed by atoms with Crippen LogP contribution in [0.3, 0.4) is 0 Å². The standard InChI is InChI=1S/C17H12N2O3/c1-2-22-17(21)15-9-13-12-8-11(4-3-7-20)5-6-14(12)19-16(13)10-18-15/h5-10,19H,2H2,1H3. The van der Waals surface area contributed by atoms with Gasteiger partial charge >= 0.3 is 5.97 Å². The summed E-state index contributed by atoms with van der Waals surface area (Å²) in [7, 11) is 0. The lowest BCUT2D eigenvalue weighted by molar-refractivity contribution is -0.103. The van der Waals surface area contributed by atoms with Crippen LogP contribution in [0, 0.1) is 11.8 Å². The number of H-pyrrole nitrogens is 1. The number of ether oxygens (including phenoxy) is 1. The van der Waals surface area contributed by atoms with Crippen LogP contribution in [0.2, 0.25) is 0 Å². The lowest BCUT2D eigenvalue weighted by Crippen LogP contribution is -2.06. The van der Waals surface area contributed by atoms with Gasteiger partial charge in [-0.1, -0.05) is 5.92 Å². The molecule has 2 aromatic heterocycles. The lowest BCUT2D eigenvalue weighted by Gasteiger charge is -2.00. The summed E-state index contributed by atoms with van der Waals surface area (Å²) in [6.07, 6.45) is 2.17. The fourth-order valence-electron chi connectivity index (χ4n) is 2.31. The Bertz CT molecular complexity index is 945. The molecular weight excluding hydrogens is 280 g/mol. The number of fused-ring (bicyclic) bond motifs is 3. The smallest absolute Gasteiger partial charge is 0.356 e. The Hall–Kier alpha value is -3.13. The quantitative estimate of drug-likeness (QED) is 0.447. The van der Waals surface area contributed by atoms with Gasteiger partial charge in [-0.15, -0.1) is 0 Å². The zero-order valence-electron chi connectivity index (χ0n) is 11.8.